The lowest BCUT2D eigenvalue weighted by molar-refractivity contribution is 0.141. The molecule has 0 saturated heterocycles. The van der Waals surface area contributed by atoms with Crippen molar-refractivity contribution >= 4 is 5.69 Å². The zero-order valence-corrected chi connectivity index (χ0v) is 12.0. The van der Waals surface area contributed by atoms with Crippen molar-refractivity contribution in [2.45, 2.75) is 40.2 Å². The number of benzene rings is 1. The average Bonchev–Trinajstić information content (AvgIpc) is 2.36. The summed E-state index contributed by atoms with van der Waals surface area (Å²) in [4.78, 5) is 0. The maximum Gasteiger partial charge on any atom is 0.142 e. The molecule has 0 aliphatic rings. The van der Waals surface area contributed by atoms with Gasteiger partial charge in [-0.05, 0) is 44.9 Å². The van der Waals surface area contributed by atoms with Crippen LogP contribution in [0.1, 0.15) is 32.8 Å². The van der Waals surface area contributed by atoms with Gasteiger partial charge in [0.1, 0.15) is 5.75 Å². The predicted molar refractivity (Wildman–Crippen MR) is 76.5 cm³/mol. The van der Waals surface area contributed by atoms with Crippen LogP contribution in [0.25, 0.3) is 0 Å². The number of hydrogen-bond acceptors (Lipinski definition) is 3. The van der Waals surface area contributed by atoms with E-state index in [4.69, 9.17) is 9.47 Å². The molecule has 0 aromatic heterocycles. The van der Waals surface area contributed by atoms with E-state index in [0.29, 0.717) is 6.61 Å². The molecule has 0 aliphatic heterocycles. The molecule has 1 N–H and O–H groups in total. The first-order valence-electron chi connectivity index (χ1n) is 6.75. The van der Waals surface area contributed by atoms with Gasteiger partial charge in [-0.2, -0.15) is 0 Å². The van der Waals surface area contributed by atoms with Crippen molar-refractivity contribution in [2.75, 3.05) is 25.1 Å². The Bertz CT molecular complexity index is 352. The smallest absolute Gasteiger partial charge is 0.142 e. The lowest BCUT2D eigenvalue weighted by Crippen LogP contribution is -2.22. The fraction of sp³-hybridized carbons (Fsp3) is 0.600. The van der Waals surface area contributed by atoms with Gasteiger partial charge in [-0.25, -0.2) is 0 Å². The third-order valence-corrected chi connectivity index (χ3v) is 2.57. The van der Waals surface area contributed by atoms with E-state index >= 15 is 0 Å². The zero-order valence-electron chi connectivity index (χ0n) is 12.0. The van der Waals surface area contributed by atoms with E-state index in [1.165, 1.54) is 5.56 Å². The fourth-order valence-corrected chi connectivity index (χ4v) is 1.68. The summed E-state index contributed by atoms with van der Waals surface area (Å²) in [6.45, 7) is 10.5. The summed E-state index contributed by atoms with van der Waals surface area (Å²) in [5.41, 5.74) is 2.25. The first-order chi connectivity index (χ1) is 8.67. The van der Waals surface area contributed by atoms with Crippen molar-refractivity contribution in [1.82, 2.24) is 0 Å². The number of hydrogen-bond donors (Lipinski definition) is 1. The van der Waals surface area contributed by atoms with Crippen molar-refractivity contribution in [1.29, 1.82) is 0 Å². The highest BCUT2D eigenvalue weighted by molar-refractivity contribution is 5.58. The Hall–Kier alpha value is -1.22. The molecule has 0 radical (unpaired) electrons. The monoisotopic (exact) mass is 251 g/mol. The van der Waals surface area contributed by atoms with Crippen LogP contribution in [0.15, 0.2) is 18.2 Å². The van der Waals surface area contributed by atoms with E-state index in [-0.39, 0.29) is 6.04 Å². The van der Waals surface area contributed by atoms with E-state index in [2.05, 4.69) is 44.3 Å². The summed E-state index contributed by atoms with van der Waals surface area (Å²) < 4.78 is 11.2. The quantitative estimate of drug-likeness (QED) is 0.765. The molecule has 0 heterocycles. The number of ether oxygens (including phenoxy) is 2. The maximum absolute atomic E-state index is 5.77. The van der Waals surface area contributed by atoms with Gasteiger partial charge in [-0.1, -0.05) is 13.0 Å². The summed E-state index contributed by atoms with van der Waals surface area (Å²) in [7, 11) is 0. The van der Waals surface area contributed by atoms with Gasteiger partial charge in [0.15, 0.2) is 0 Å². The molecular weight excluding hydrogens is 226 g/mol. The van der Waals surface area contributed by atoms with Crippen molar-refractivity contribution in [3.8, 4) is 5.75 Å². The van der Waals surface area contributed by atoms with Crippen LogP contribution in [0.5, 0.6) is 5.75 Å². The summed E-state index contributed by atoms with van der Waals surface area (Å²) in [6.07, 6.45) is 1.02. The molecule has 0 fully saturated rings. The van der Waals surface area contributed by atoms with Crippen molar-refractivity contribution in [3.63, 3.8) is 0 Å². The molecule has 0 bridgehead atoms. The minimum absolute atomic E-state index is 0.275. The normalized spacial score (nSPS) is 12.2. The van der Waals surface area contributed by atoms with Crippen LogP contribution in [-0.4, -0.2) is 25.9 Å². The third kappa shape index (κ3) is 4.96. The SMILES string of the molecule is CCCOc1cc(C)ccc1NC(C)COCC. The number of anilines is 1. The van der Waals surface area contributed by atoms with Crippen molar-refractivity contribution in [2.24, 2.45) is 0 Å². The maximum atomic E-state index is 5.77. The van der Waals surface area contributed by atoms with E-state index < -0.39 is 0 Å². The van der Waals surface area contributed by atoms with Gasteiger partial charge in [-0.15, -0.1) is 0 Å². The molecule has 1 aromatic rings. The Morgan fingerprint density at radius 2 is 2.06 bits per heavy atom. The summed E-state index contributed by atoms with van der Waals surface area (Å²) in [5.74, 6) is 0.931. The lowest BCUT2D eigenvalue weighted by Gasteiger charge is -2.18. The van der Waals surface area contributed by atoms with Gasteiger partial charge < -0.3 is 14.8 Å². The Kier molecular flexibility index (Phi) is 6.58. The van der Waals surface area contributed by atoms with Crippen LogP contribution in [0.2, 0.25) is 0 Å². The Balaban J connectivity index is 2.67. The Morgan fingerprint density at radius 1 is 1.28 bits per heavy atom. The highest BCUT2D eigenvalue weighted by Crippen LogP contribution is 2.26. The highest BCUT2D eigenvalue weighted by atomic mass is 16.5. The minimum atomic E-state index is 0.275. The van der Waals surface area contributed by atoms with Crippen LogP contribution in [0.4, 0.5) is 5.69 Å². The minimum Gasteiger partial charge on any atom is -0.491 e. The van der Waals surface area contributed by atoms with Gasteiger partial charge in [0.25, 0.3) is 0 Å². The first-order valence-corrected chi connectivity index (χ1v) is 6.75. The average molecular weight is 251 g/mol. The number of rotatable bonds is 8. The van der Waals surface area contributed by atoms with Gasteiger partial charge in [0.05, 0.1) is 18.9 Å². The predicted octanol–water partition coefficient (Wildman–Crippen LogP) is 3.62. The lowest BCUT2D eigenvalue weighted by atomic mass is 10.2. The molecule has 0 saturated carbocycles. The summed E-state index contributed by atoms with van der Waals surface area (Å²) in [5, 5.41) is 3.43. The largest absolute Gasteiger partial charge is 0.491 e. The van der Waals surface area contributed by atoms with E-state index in [1.807, 2.05) is 6.92 Å². The molecule has 3 heteroatoms. The molecule has 0 aliphatic carbocycles. The molecule has 18 heavy (non-hydrogen) atoms. The second-order valence-corrected chi connectivity index (χ2v) is 4.55. The number of aryl methyl sites for hydroxylation is 1. The highest BCUT2D eigenvalue weighted by Gasteiger charge is 2.07. The van der Waals surface area contributed by atoms with Crippen LogP contribution >= 0.6 is 0 Å². The molecule has 3 nitrogen and oxygen atoms in total. The van der Waals surface area contributed by atoms with Crippen molar-refractivity contribution in [3.05, 3.63) is 23.8 Å². The molecule has 0 spiro atoms. The summed E-state index contributed by atoms with van der Waals surface area (Å²) >= 11 is 0. The zero-order chi connectivity index (χ0) is 13.4. The molecule has 1 rings (SSSR count). The van der Waals surface area contributed by atoms with Crippen molar-refractivity contribution < 1.29 is 9.47 Å². The van der Waals surface area contributed by atoms with Gasteiger partial charge in [-0.3, -0.25) is 0 Å². The van der Waals surface area contributed by atoms with Crippen LogP contribution in [-0.2, 0) is 4.74 Å². The first kappa shape index (κ1) is 14.8. The second-order valence-electron chi connectivity index (χ2n) is 4.55. The van der Waals surface area contributed by atoms with E-state index in [1.54, 1.807) is 0 Å². The Labute approximate surface area is 110 Å². The Morgan fingerprint density at radius 3 is 2.72 bits per heavy atom. The molecule has 1 aromatic carbocycles. The van der Waals surface area contributed by atoms with Gasteiger partial charge >= 0.3 is 0 Å². The van der Waals surface area contributed by atoms with E-state index in [0.717, 1.165) is 31.1 Å². The molecular formula is C15H25NO2. The molecule has 102 valence electrons. The third-order valence-electron chi connectivity index (χ3n) is 2.57. The van der Waals surface area contributed by atoms with Gasteiger partial charge in [0, 0.05) is 12.6 Å². The number of nitrogens with one attached hydrogen (secondary N) is 1. The topological polar surface area (TPSA) is 30.5 Å². The van der Waals surface area contributed by atoms with Crippen LogP contribution in [0, 0.1) is 6.92 Å². The molecule has 1 unspecified atom stereocenters. The van der Waals surface area contributed by atoms with E-state index in [9.17, 15) is 0 Å². The second kappa shape index (κ2) is 7.98. The van der Waals surface area contributed by atoms with Crippen LogP contribution < -0.4 is 10.1 Å². The fourth-order valence-electron chi connectivity index (χ4n) is 1.68. The summed E-state index contributed by atoms with van der Waals surface area (Å²) in [6, 6.07) is 6.51. The van der Waals surface area contributed by atoms with Gasteiger partial charge in [0.2, 0.25) is 0 Å². The standard InChI is InChI=1S/C15H25NO2/c1-5-9-18-15-10-12(3)7-8-14(15)16-13(4)11-17-6-2/h7-8,10,13,16H,5-6,9,11H2,1-4H3. The van der Waals surface area contributed by atoms with Crippen LogP contribution in [0.3, 0.4) is 0 Å². The molecule has 1 atom stereocenters. The molecule has 0 amide bonds.